The van der Waals surface area contributed by atoms with Gasteiger partial charge in [0.05, 0.1) is 15.7 Å². The van der Waals surface area contributed by atoms with Crippen LogP contribution in [0.3, 0.4) is 0 Å². The second-order valence-corrected chi connectivity index (χ2v) is 4.39. The summed E-state index contributed by atoms with van der Waals surface area (Å²) in [7, 11) is 0. The number of aromatic nitrogens is 1. The molecule has 1 aromatic heterocycles. The van der Waals surface area contributed by atoms with E-state index in [1.54, 1.807) is 29.5 Å². The van der Waals surface area contributed by atoms with Crippen LogP contribution >= 0.6 is 22.9 Å². The number of thiazole rings is 1. The zero-order valence-electron chi connectivity index (χ0n) is 7.49. The van der Waals surface area contributed by atoms with E-state index < -0.39 is 0 Å². The van der Waals surface area contributed by atoms with Crippen molar-refractivity contribution in [1.82, 2.24) is 4.98 Å². The first-order valence-electron chi connectivity index (χ1n) is 4.08. The van der Waals surface area contributed by atoms with Gasteiger partial charge in [0.1, 0.15) is 5.75 Å². The highest BCUT2D eigenvalue weighted by Crippen LogP contribution is 2.29. The van der Waals surface area contributed by atoms with Crippen molar-refractivity contribution in [2.24, 2.45) is 0 Å². The van der Waals surface area contributed by atoms with Gasteiger partial charge >= 0.3 is 0 Å². The van der Waals surface area contributed by atoms with Crippen molar-refractivity contribution in [2.45, 2.75) is 6.92 Å². The Bertz CT molecular complexity index is 467. The van der Waals surface area contributed by atoms with E-state index in [1.807, 2.05) is 12.3 Å². The molecule has 1 N–H and O–H groups in total. The summed E-state index contributed by atoms with van der Waals surface area (Å²) in [6.07, 6.45) is 0. The van der Waals surface area contributed by atoms with Crippen LogP contribution in [0.5, 0.6) is 5.75 Å². The fourth-order valence-electron chi connectivity index (χ4n) is 1.16. The van der Waals surface area contributed by atoms with E-state index >= 15 is 0 Å². The lowest BCUT2D eigenvalue weighted by atomic mass is 10.2. The highest BCUT2D eigenvalue weighted by molar-refractivity contribution is 7.09. The number of phenolic OH excluding ortho intramolecular Hbond substituents is 1. The molecule has 14 heavy (non-hydrogen) atoms. The topological polar surface area (TPSA) is 33.1 Å². The van der Waals surface area contributed by atoms with E-state index in [9.17, 15) is 5.11 Å². The van der Waals surface area contributed by atoms with Crippen molar-refractivity contribution < 1.29 is 5.11 Å². The van der Waals surface area contributed by atoms with E-state index in [2.05, 4.69) is 4.98 Å². The van der Waals surface area contributed by atoms with Crippen LogP contribution in [0.4, 0.5) is 0 Å². The quantitative estimate of drug-likeness (QED) is 0.806. The van der Waals surface area contributed by atoms with Gasteiger partial charge in [-0.25, -0.2) is 4.98 Å². The molecule has 0 saturated carbocycles. The van der Waals surface area contributed by atoms with E-state index in [0.29, 0.717) is 5.02 Å². The second kappa shape index (κ2) is 3.59. The number of aryl methyl sites for hydroxylation is 1. The van der Waals surface area contributed by atoms with E-state index in [0.717, 1.165) is 16.3 Å². The Labute approximate surface area is 90.8 Å². The molecule has 1 aromatic carbocycles. The maximum absolute atomic E-state index is 9.25. The lowest BCUT2D eigenvalue weighted by Crippen LogP contribution is -1.78. The van der Waals surface area contributed by atoms with Crippen molar-refractivity contribution in [2.75, 3.05) is 0 Å². The Hall–Kier alpha value is -1.06. The number of halogens is 1. The summed E-state index contributed by atoms with van der Waals surface area (Å²) in [6, 6.07) is 5.09. The third-order valence-corrected chi connectivity index (χ3v) is 2.94. The molecule has 2 rings (SSSR count). The van der Waals surface area contributed by atoms with Crippen LogP contribution in [0, 0.1) is 6.92 Å². The molecule has 0 aliphatic rings. The SMILES string of the molecule is Cc1nc(-c2ccc(O)c(Cl)c2)cs1. The van der Waals surface area contributed by atoms with Crippen LogP contribution in [0.25, 0.3) is 11.3 Å². The van der Waals surface area contributed by atoms with Crippen LogP contribution < -0.4 is 0 Å². The summed E-state index contributed by atoms with van der Waals surface area (Å²) < 4.78 is 0. The van der Waals surface area contributed by atoms with Crippen LogP contribution in [0.2, 0.25) is 5.02 Å². The van der Waals surface area contributed by atoms with Gasteiger partial charge in [-0.1, -0.05) is 11.6 Å². The van der Waals surface area contributed by atoms with Crippen LogP contribution in [-0.4, -0.2) is 10.1 Å². The summed E-state index contributed by atoms with van der Waals surface area (Å²) in [5.74, 6) is 0.0994. The Kier molecular flexibility index (Phi) is 2.44. The summed E-state index contributed by atoms with van der Waals surface area (Å²) in [6.45, 7) is 1.95. The minimum atomic E-state index is 0.0994. The Balaban J connectivity index is 2.47. The summed E-state index contributed by atoms with van der Waals surface area (Å²) in [4.78, 5) is 4.33. The molecule has 0 aliphatic heterocycles. The molecule has 0 amide bonds. The smallest absolute Gasteiger partial charge is 0.134 e. The standard InChI is InChI=1S/C10H8ClNOS/c1-6-12-9(5-14-6)7-2-3-10(13)8(11)4-7/h2-5,13H,1H3. The van der Waals surface area contributed by atoms with Gasteiger partial charge in [0.2, 0.25) is 0 Å². The normalized spacial score (nSPS) is 10.4. The fourth-order valence-corrected chi connectivity index (χ4v) is 1.96. The molecule has 0 saturated heterocycles. The molecular formula is C10H8ClNOS. The summed E-state index contributed by atoms with van der Waals surface area (Å²) in [5, 5.41) is 12.6. The Morgan fingerprint density at radius 3 is 2.79 bits per heavy atom. The first-order valence-corrected chi connectivity index (χ1v) is 5.33. The monoisotopic (exact) mass is 225 g/mol. The summed E-state index contributed by atoms with van der Waals surface area (Å²) in [5.41, 5.74) is 1.83. The lowest BCUT2D eigenvalue weighted by molar-refractivity contribution is 0.475. The fraction of sp³-hybridized carbons (Fsp3) is 0.100. The van der Waals surface area contributed by atoms with Crippen molar-refractivity contribution in [3.05, 3.63) is 33.6 Å². The molecule has 0 radical (unpaired) electrons. The maximum Gasteiger partial charge on any atom is 0.134 e. The zero-order valence-corrected chi connectivity index (χ0v) is 9.06. The molecule has 72 valence electrons. The van der Waals surface area contributed by atoms with Crippen molar-refractivity contribution in [1.29, 1.82) is 0 Å². The molecule has 0 atom stereocenters. The van der Waals surface area contributed by atoms with Crippen LogP contribution in [0.1, 0.15) is 5.01 Å². The Morgan fingerprint density at radius 1 is 1.43 bits per heavy atom. The number of benzene rings is 1. The first-order chi connectivity index (χ1) is 6.66. The van der Waals surface area contributed by atoms with E-state index in [1.165, 1.54) is 0 Å². The van der Waals surface area contributed by atoms with Crippen LogP contribution in [0.15, 0.2) is 23.6 Å². The number of phenols is 1. The van der Waals surface area contributed by atoms with Crippen molar-refractivity contribution in [3.8, 4) is 17.0 Å². The van der Waals surface area contributed by atoms with Gasteiger partial charge in [-0.15, -0.1) is 11.3 Å². The van der Waals surface area contributed by atoms with Gasteiger partial charge in [-0.2, -0.15) is 0 Å². The molecule has 1 heterocycles. The molecule has 0 unspecified atom stereocenters. The number of hydrogen-bond acceptors (Lipinski definition) is 3. The average Bonchev–Trinajstić information content (AvgIpc) is 2.57. The van der Waals surface area contributed by atoms with Crippen molar-refractivity contribution >= 4 is 22.9 Å². The molecule has 0 bridgehead atoms. The average molecular weight is 226 g/mol. The van der Waals surface area contributed by atoms with Gasteiger partial charge < -0.3 is 5.11 Å². The van der Waals surface area contributed by atoms with Crippen molar-refractivity contribution in [3.63, 3.8) is 0 Å². The Morgan fingerprint density at radius 2 is 2.21 bits per heavy atom. The lowest BCUT2D eigenvalue weighted by Gasteiger charge is -1.99. The predicted molar refractivity (Wildman–Crippen MR) is 59.0 cm³/mol. The minimum absolute atomic E-state index is 0.0994. The van der Waals surface area contributed by atoms with Gasteiger partial charge in [0, 0.05) is 10.9 Å². The number of aromatic hydroxyl groups is 1. The number of nitrogens with zero attached hydrogens (tertiary/aromatic N) is 1. The molecule has 4 heteroatoms. The van der Waals surface area contributed by atoms with Gasteiger partial charge in [-0.05, 0) is 25.1 Å². The molecular weight excluding hydrogens is 218 g/mol. The first kappa shape index (κ1) is 9.49. The highest BCUT2D eigenvalue weighted by Gasteiger charge is 2.04. The highest BCUT2D eigenvalue weighted by atomic mass is 35.5. The van der Waals surface area contributed by atoms with Gasteiger partial charge in [0.25, 0.3) is 0 Å². The maximum atomic E-state index is 9.25. The minimum Gasteiger partial charge on any atom is -0.506 e. The largest absolute Gasteiger partial charge is 0.506 e. The third-order valence-electron chi connectivity index (χ3n) is 1.86. The zero-order chi connectivity index (χ0) is 10.1. The molecule has 2 aromatic rings. The second-order valence-electron chi connectivity index (χ2n) is 2.92. The third kappa shape index (κ3) is 1.74. The van der Waals surface area contributed by atoms with E-state index in [4.69, 9.17) is 11.6 Å². The van der Waals surface area contributed by atoms with Crippen LogP contribution in [-0.2, 0) is 0 Å². The molecule has 0 spiro atoms. The summed E-state index contributed by atoms with van der Waals surface area (Å²) >= 11 is 7.39. The van der Waals surface area contributed by atoms with E-state index in [-0.39, 0.29) is 5.75 Å². The molecule has 2 nitrogen and oxygen atoms in total. The molecule has 0 fully saturated rings. The van der Waals surface area contributed by atoms with Gasteiger partial charge in [0.15, 0.2) is 0 Å². The number of hydrogen-bond donors (Lipinski definition) is 1. The predicted octanol–water partition coefficient (Wildman–Crippen LogP) is 3.48. The molecule has 0 aliphatic carbocycles. The van der Waals surface area contributed by atoms with Gasteiger partial charge in [-0.3, -0.25) is 0 Å². The number of rotatable bonds is 1.